The van der Waals surface area contributed by atoms with Gasteiger partial charge in [-0.15, -0.1) is 0 Å². The summed E-state index contributed by atoms with van der Waals surface area (Å²) in [7, 11) is 0. The van der Waals surface area contributed by atoms with Gasteiger partial charge in [-0.25, -0.2) is 4.39 Å². The molecule has 108 valence electrons. The lowest BCUT2D eigenvalue weighted by Crippen LogP contribution is -2.29. The molecule has 4 heteroatoms. The van der Waals surface area contributed by atoms with Crippen molar-refractivity contribution in [2.75, 3.05) is 0 Å². The quantitative estimate of drug-likeness (QED) is 0.391. The molecule has 19 heavy (non-hydrogen) atoms. The van der Waals surface area contributed by atoms with Crippen LogP contribution in [-0.4, -0.2) is 0 Å². The van der Waals surface area contributed by atoms with E-state index in [2.05, 4.69) is 12.3 Å². The number of hydrogen-bond acceptors (Lipinski definition) is 2. The Bertz CT molecular complexity index is 351. The van der Waals surface area contributed by atoms with Gasteiger partial charge in [0.15, 0.2) is 0 Å². The largest absolute Gasteiger partial charge is 0.271 e. The molecule has 0 saturated heterocycles. The number of hydrazine groups is 1. The monoisotopic (exact) mass is 286 g/mol. The van der Waals surface area contributed by atoms with Gasteiger partial charge in [0.1, 0.15) is 5.82 Å². The third kappa shape index (κ3) is 5.47. The number of unbranched alkanes of at least 4 members (excludes halogenated alkanes) is 5. The molecule has 0 spiro atoms. The molecule has 1 atom stereocenters. The van der Waals surface area contributed by atoms with Crippen LogP contribution in [0.5, 0.6) is 0 Å². The summed E-state index contributed by atoms with van der Waals surface area (Å²) in [6.07, 6.45) is 8.04. The first-order chi connectivity index (χ1) is 9.20. The van der Waals surface area contributed by atoms with Crippen molar-refractivity contribution in [3.8, 4) is 0 Å². The van der Waals surface area contributed by atoms with Crippen LogP contribution in [-0.2, 0) is 0 Å². The van der Waals surface area contributed by atoms with Crippen molar-refractivity contribution in [2.24, 2.45) is 5.84 Å². The lowest BCUT2D eigenvalue weighted by molar-refractivity contribution is 0.457. The third-order valence-corrected chi connectivity index (χ3v) is 3.73. The van der Waals surface area contributed by atoms with E-state index in [1.54, 1.807) is 12.1 Å². The number of hydrogen-bond donors (Lipinski definition) is 2. The Hall–Kier alpha value is -0.640. The van der Waals surface area contributed by atoms with Crippen LogP contribution in [0.15, 0.2) is 18.2 Å². The van der Waals surface area contributed by atoms with Gasteiger partial charge >= 0.3 is 0 Å². The smallest absolute Gasteiger partial charge is 0.129 e. The van der Waals surface area contributed by atoms with Gasteiger partial charge < -0.3 is 0 Å². The Morgan fingerprint density at radius 3 is 2.53 bits per heavy atom. The van der Waals surface area contributed by atoms with E-state index in [4.69, 9.17) is 17.4 Å². The fraction of sp³-hybridized carbons (Fsp3) is 0.600. The van der Waals surface area contributed by atoms with E-state index >= 15 is 0 Å². The summed E-state index contributed by atoms with van der Waals surface area (Å²) < 4.78 is 13.8. The fourth-order valence-corrected chi connectivity index (χ4v) is 2.58. The van der Waals surface area contributed by atoms with E-state index in [9.17, 15) is 4.39 Å². The maximum Gasteiger partial charge on any atom is 0.129 e. The second-order valence-corrected chi connectivity index (χ2v) is 5.32. The number of rotatable bonds is 9. The third-order valence-electron chi connectivity index (χ3n) is 3.40. The molecule has 0 radical (unpaired) electrons. The van der Waals surface area contributed by atoms with Crippen LogP contribution in [0.2, 0.25) is 5.02 Å². The van der Waals surface area contributed by atoms with Crippen LogP contribution < -0.4 is 11.3 Å². The second kappa shape index (κ2) is 9.29. The van der Waals surface area contributed by atoms with E-state index in [1.807, 2.05) is 0 Å². The summed E-state index contributed by atoms with van der Waals surface area (Å²) in [6.45, 7) is 2.20. The topological polar surface area (TPSA) is 38.0 Å². The zero-order chi connectivity index (χ0) is 14.1. The first-order valence-corrected chi connectivity index (χ1v) is 7.48. The summed E-state index contributed by atoms with van der Waals surface area (Å²) in [6, 6.07) is 4.53. The number of nitrogens with two attached hydrogens (primary N) is 1. The number of halogens is 2. The van der Waals surface area contributed by atoms with Crippen LogP contribution >= 0.6 is 11.6 Å². The molecule has 0 bridgehead atoms. The molecular weight excluding hydrogens is 263 g/mol. The Balaban J connectivity index is 2.45. The van der Waals surface area contributed by atoms with Crippen molar-refractivity contribution in [2.45, 2.75) is 57.9 Å². The highest BCUT2D eigenvalue weighted by Gasteiger charge is 2.17. The van der Waals surface area contributed by atoms with Crippen LogP contribution in [0.3, 0.4) is 0 Å². The molecular formula is C15H24ClFN2. The summed E-state index contributed by atoms with van der Waals surface area (Å²) >= 11 is 6.05. The SMILES string of the molecule is CCCCCCCCC(NN)c1c(F)cccc1Cl. The van der Waals surface area contributed by atoms with E-state index in [-0.39, 0.29) is 11.9 Å². The van der Waals surface area contributed by atoms with Crippen molar-refractivity contribution in [3.63, 3.8) is 0 Å². The summed E-state index contributed by atoms with van der Waals surface area (Å²) in [5.74, 6) is 5.24. The van der Waals surface area contributed by atoms with E-state index < -0.39 is 0 Å². The average Bonchev–Trinajstić information content (AvgIpc) is 2.40. The van der Waals surface area contributed by atoms with Crippen LogP contribution in [0, 0.1) is 5.82 Å². The molecule has 0 aromatic heterocycles. The van der Waals surface area contributed by atoms with Crippen molar-refractivity contribution in [3.05, 3.63) is 34.6 Å². The van der Waals surface area contributed by atoms with Gasteiger partial charge in [0, 0.05) is 10.6 Å². The second-order valence-electron chi connectivity index (χ2n) is 4.91. The molecule has 0 fully saturated rings. The highest BCUT2D eigenvalue weighted by atomic mass is 35.5. The maximum absolute atomic E-state index is 13.8. The predicted molar refractivity (Wildman–Crippen MR) is 79.5 cm³/mol. The van der Waals surface area contributed by atoms with Gasteiger partial charge in [0.25, 0.3) is 0 Å². The molecule has 0 aliphatic rings. The van der Waals surface area contributed by atoms with E-state index in [1.165, 1.54) is 31.7 Å². The highest BCUT2D eigenvalue weighted by molar-refractivity contribution is 6.31. The summed E-state index contributed by atoms with van der Waals surface area (Å²) in [4.78, 5) is 0. The van der Waals surface area contributed by atoms with Gasteiger partial charge in [-0.2, -0.15) is 0 Å². The van der Waals surface area contributed by atoms with Crippen LogP contribution in [0.25, 0.3) is 0 Å². The van der Waals surface area contributed by atoms with Crippen LogP contribution in [0.1, 0.15) is 63.5 Å². The Morgan fingerprint density at radius 1 is 1.21 bits per heavy atom. The Labute approximate surface area is 120 Å². The number of benzene rings is 1. The first-order valence-electron chi connectivity index (χ1n) is 7.10. The van der Waals surface area contributed by atoms with E-state index in [0.29, 0.717) is 10.6 Å². The number of nitrogens with one attached hydrogen (secondary N) is 1. The zero-order valence-corrected chi connectivity index (χ0v) is 12.3. The normalized spacial score (nSPS) is 12.6. The molecule has 0 saturated carbocycles. The average molecular weight is 287 g/mol. The Morgan fingerprint density at radius 2 is 1.89 bits per heavy atom. The van der Waals surface area contributed by atoms with Crippen molar-refractivity contribution < 1.29 is 4.39 Å². The molecule has 1 aromatic rings. The molecule has 3 N–H and O–H groups in total. The van der Waals surface area contributed by atoms with Crippen molar-refractivity contribution >= 4 is 11.6 Å². The lowest BCUT2D eigenvalue weighted by Gasteiger charge is -2.18. The molecule has 0 heterocycles. The molecule has 1 rings (SSSR count). The van der Waals surface area contributed by atoms with Gasteiger partial charge in [-0.3, -0.25) is 11.3 Å². The summed E-state index contributed by atoms with van der Waals surface area (Å²) in [5.41, 5.74) is 3.16. The molecule has 1 unspecified atom stereocenters. The molecule has 0 amide bonds. The molecule has 0 aliphatic carbocycles. The summed E-state index contributed by atoms with van der Waals surface area (Å²) in [5, 5.41) is 0.439. The van der Waals surface area contributed by atoms with Gasteiger partial charge in [0.05, 0.1) is 6.04 Å². The standard InChI is InChI=1S/C15H24ClFN2/c1-2-3-4-5-6-7-11-14(19-18)15-12(16)9-8-10-13(15)17/h8-10,14,19H,2-7,11,18H2,1H3. The van der Waals surface area contributed by atoms with Gasteiger partial charge in [-0.1, -0.05) is 63.1 Å². The maximum atomic E-state index is 13.8. The Kier molecular flexibility index (Phi) is 8.03. The highest BCUT2D eigenvalue weighted by Crippen LogP contribution is 2.28. The van der Waals surface area contributed by atoms with Gasteiger partial charge in [-0.05, 0) is 18.6 Å². The minimum atomic E-state index is -0.290. The van der Waals surface area contributed by atoms with Gasteiger partial charge in [0.2, 0.25) is 0 Å². The molecule has 1 aromatic carbocycles. The van der Waals surface area contributed by atoms with E-state index in [0.717, 1.165) is 19.3 Å². The van der Waals surface area contributed by atoms with Crippen LogP contribution in [0.4, 0.5) is 4.39 Å². The molecule has 2 nitrogen and oxygen atoms in total. The minimum Gasteiger partial charge on any atom is -0.271 e. The zero-order valence-electron chi connectivity index (χ0n) is 11.6. The molecule has 0 aliphatic heterocycles. The lowest BCUT2D eigenvalue weighted by atomic mass is 9.99. The van der Waals surface area contributed by atoms with Crippen molar-refractivity contribution in [1.82, 2.24) is 5.43 Å². The van der Waals surface area contributed by atoms with Crippen molar-refractivity contribution in [1.29, 1.82) is 0 Å². The minimum absolute atomic E-state index is 0.208. The first kappa shape index (κ1) is 16.4. The predicted octanol–water partition coefficient (Wildman–Crippen LogP) is 4.73. The fourth-order valence-electron chi connectivity index (χ4n) is 2.28.